The van der Waals surface area contributed by atoms with Crippen LogP contribution in [0.15, 0.2) is 10.4 Å². The second-order valence-corrected chi connectivity index (χ2v) is 7.36. The molecule has 14 nitrogen and oxygen atoms in total. The van der Waals surface area contributed by atoms with E-state index in [2.05, 4.69) is 25.9 Å². The van der Waals surface area contributed by atoms with E-state index < -0.39 is 60.6 Å². The Bertz CT molecular complexity index is 879. The van der Waals surface area contributed by atoms with Crippen molar-refractivity contribution >= 4 is 52.1 Å². The van der Waals surface area contributed by atoms with Gasteiger partial charge in [0.2, 0.25) is 16.9 Å². The van der Waals surface area contributed by atoms with Gasteiger partial charge in [-0.15, -0.1) is 11.3 Å². The molecular formula is C16H23N7O7S. The summed E-state index contributed by atoms with van der Waals surface area (Å²) in [7, 11) is 0. The maximum absolute atomic E-state index is 12.3. The Balaban J connectivity index is 2.72. The molecule has 0 aliphatic heterocycles. The number of aliphatic imine (C=N–C) groups is 1. The van der Waals surface area contributed by atoms with Crippen molar-refractivity contribution in [2.75, 3.05) is 6.54 Å². The van der Waals surface area contributed by atoms with E-state index in [1.165, 1.54) is 5.38 Å². The van der Waals surface area contributed by atoms with Crippen LogP contribution in [0.5, 0.6) is 0 Å². The summed E-state index contributed by atoms with van der Waals surface area (Å²) in [5.74, 6) is -6.01. The van der Waals surface area contributed by atoms with Crippen LogP contribution in [-0.2, 0) is 19.2 Å². The van der Waals surface area contributed by atoms with Crippen molar-refractivity contribution in [1.29, 1.82) is 0 Å². The van der Waals surface area contributed by atoms with Crippen LogP contribution in [0.4, 0.5) is 5.13 Å². The number of carbonyl (C=O) groups excluding carboxylic acids is 3. The van der Waals surface area contributed by atoms with Crippen LogP contribution < -0.4 is 27.4 Å². The summed E-state index contributed by atoms with van der Waals surface area (Å²) in [6.45, 7) is 2.51. The standard InChI is InChI=1S/C16H23N7O7S/c1-6(2)11(14(29)30)22-13(28)7(3-10(25)26)20-9(24)4-19-12(27)8-5-31-16(21-8)23-15(17)18/h5-7,11H,3-4H2,1-2H3,(H,19,27)(H,20,24)(H,22,28)(H,25,26)(H,29,30)(H4,17,18,21,23). The van der Waals surface area contributed by atoms with Gasteiger partial charge in [-0.2, -0.15) is 4.99 Å². The summed E-state index contributed by atoms with van der Waals surface area (Å²) in [4.78, 5) is 66.2. The van der Waals surface area contributed by atoms with Gasteiger partial charge < -0.3 is 37.6 Å². The molecule has 0 aromatic carbocycles. The lowest BCUT2D eigenvalue weighted by Gasteiger charge is -2.22. The third-order valence-corrected chi connectivity index (χ3v) is 4.35. The Morgan fingerprint density at radius 1 is 1.16 bits per heavy atom. The van der Waals surface area contributed by atoms with E-state index in [1.807, 2.05) is 0 Å². The number of carboxylic acids is 2. The van der Waals surface area contributed by atoms with E-state index in [1.54, 1.807) is 13.8 Å². The van der Waals surface area contributed by atoms with E-state index in [0.29, 0.717) is 0 Å². The molecule has 0 saturated heterocycles. The molecule has 2 unspecified atom stereocenters. The summed E-state index contributed by atoms with van der Waals surface area (Å²) in [5, 5.41) is 26.2. The van der Waals surface area contributed by atoms with Gasteiger partial charge in [-0.1, -0.05) is 13.8 Å². The van der Waals surface area contributed by atoms with Crippen LogP contribution in [0.1, 0.15) is 30.8 Å². The summed E-state index contributed by atoms with van der Waals surface area (Å²) in [6, 6.07) is -2.82. The number of rotatable bonds is 11. The summed E-state index contributed by atoms with van der Waals surface area (Å²) >= 11 is 0.986. The highest BCUT2D eigenvalue weighted by atomic mass is 32.1. The van der Waals surface area contributed by atoms with Crippen LogP contribution in [0.25, 0.3) is 0 Å². The first-order valence-corrected chi connectivity index (χ1v) is 9.66. The first-order valence-electron chi connectivity index (χ1n) is 8.78. The molecular weight excluding hydrogens is 434 g/mol. The normalized spacial score (nSPS) is 12.4. The number of aliphatic carboxylic acids is 2. The van der Waals surface area contributed by atoms with Gasteiger partial charge in [0.15, 0.2) is 5.96 Å². The molecule has 0 fully saturated rings. The first-order chi connectivity index (χ1) is 14.4. The van der Waals surface area contributed by atoms with Gasteiger partial charge in [-0.3, -0.25) is 19.2 Å². The molecule has 170 valence electrons. The molecule has 0 radical (unpaired) electrons. The molecule has 0 bridgehead atoms. The van der Waals surface area contributed by atoms with E-state index in [-0.39, 0.29) is 16.8 Å². The Labute approximate surface area is 180 Å². The number of guanidine groups is 1. The number of nitrogens with one attached hydrogen (secondary N) is 3. The van der Waals surface area contributed by atoms with Crippen LogP contribution in [0, 0.1) is 5.92 Å². The molecule has 0 saturated carbocycles. The molecule has 0 aliphatic rings. The maximum atomic E-state index is 12.3. The lowest BCUT2D eigenvalue weighted by molar-refractivity contribution is -0.144. The summed E-state index contributed by atoms with van der Waals surface area (Å²) < 4.78 is 0. The fourth-order valence-corrected chi connectivity index (χ4v) is 2.86. The van der Waals surface area contributed by atoms with E-state index in [4.69, 9.17) is 21.7 Å². The zero-order valence-corrected chi connectivity index (χ0v) is 17.4. The molecule has 0 aliphatic carbocycles. The number of amides is 3. The molecule has 1 rings (SSSR count). The van der Waals surface area contributed by atoms with E-state index in [0.717, 1.165) is 11.3 Å². The second-order valence-electron chi connectivity index (χ2n) is 6.52. The van der Waals surface area contributed by atoms with E-state index >= 15 is 0 Å². The molecule has 15 heteroatoms. The Kier molecular flexibility index (Phi) is 9.33. The van der Waals surface area contributed by atoms with Crippen LogP contribution in [0.2, 0.25) is 0 Å². The van der Waals surface area contributed by atoms with Gasteiger partial charge in [-0.25, -0.2) is 9.78 Å². The average molecular weight is 457 g/mol. The maximum Gasteiger partial charge on any atom is 0.326 e. The Morgan fingerprint density at radius 2 is 1.81 bits per heavy atom. The van der Waals surface area contributed by atoms with Gasteiger partial charge in [-0.05, 0) is 5.92 Å². The van der Waals surface area contributed by atoms with Crippen LogP contribution >= 0.6 is 11.3 Å². The van der Waals surface area contributed by atoms with Crippen molar-refractivity contribution < 1.29 is 34.2 Å². The van der Waals surface area contributed by atoms with Crippen LogP contribution in [-0.4, -0.2) is 69.4 Å². The minimum Gasteiger partial charge on any atom is -0.481 e. The van der Waals surface area contributed by atoms with Gasteiger partial charge in [0.25, 0.3) is 5.91 Å². The molecule has 2 atom stereocenters. The van der Waals surface area contributed by atoms with Gasteiger partial charge in [0.1, 0.15) is 17.8 Å². The third-order valence-electron chi connectivity index (χ3n) is 3.62. The minimum atomic E-state index is -1.55. The number of aromatic nitrogens is 1. The zero-order valence-electron chi connectivity index (χ0n) is 16.6. The van der Waals surface area contributed by atoms with Crippen molar-refractivity contribution in [1.82, 2.24) is 20.9 Å². The summed E-state index contributed by atoms with van der Waals surface area (Å²) in [6.07, 6.45) is -0.788. The fourth-order valence-electron chi connectivity index (χ4n) is 2.18. The largest absolute Gasteiger partial charge is 0.481 e. The lowest BCUT2D eigenvalue weighted by atomic mass is 10.0. The number of nitrogens with two attached hydrogens (primary N) is 2. The predicted octanol–water partition coefficient (Wildman–Crippen LogP) is -2.04. The highest BCUT2D eigenvalue weighted by Gasteiger charge is 2.30. The van der Waals surface area contributed by atoms with Gasteiger partial charge in [0, 0.05) is 5.38 Å². The van der Waals surface area contributed by atoms with Gasteiger partial charge >= 0.3 is 11.9 Å². The summed E-state index contributed by atoms with van der Waals surface area (Å²) in [5.41, 5.74) is 10.4. The Morgan fingerprint density at radius 3 is 2.32 bits per heavy atom. The number of carbonyl (C=O) groups is 5. The SMILES string of the molecule is CC(C)C(NC(=O)C(CC(=O)O)NC(=O)CNC(=O)c1csc(N=C(N)N)n1)C(=O)O. The van der Waals surface area contributed by atoms with Crippen molar-refractivity contribution in [2.45, 2.75) is 32.4 Å². The molecule has 1 aromatic rings. The smallest absolute Gasteiger partial charge is 0.326 e. The van der Waals surface area contributed by atoms with Crippen molar-refractivity contribution in [3.8, 4) is 0 Å². The van der Waals surface area contributed by atoms with Crippen molar-refractivity contribution in [3.63, 3.8) is 0 Å². The van der Waals surface area contributed by atoms with Gasteiger partial charge in [0.05, 0.1) is 13.0 Å². The predicted molar refractivity (Wildman–Crippen MR) is 109 cm³/mol. The molecule has 0 spiro atoms. The highest BCUT2D eigenvalue weighted by Crippen LogP contribution is 2.18. The zero-order chi connectivity index (χ0) is 23.7. The molecule has 1 aromatic heterocycles. The highest BCUT2D eigenvalue weighted by molar-refractivity contribution is 7.13. The molecule has 31 heavy (non-hydrogen) atoms. The molecule has 9 N–H and O–H groups in total. The monoisotopic (exact) mass is 457 g/mol. The Hall–Kier alpha value is -3.75. The number of carboxylic acid groups (broad SMARTS) is 2. The van der Waals surface area contributed by atoms with Crippen LogP contribution in [0.3, 0.4) is 0 Å². The number of nitrogens with zero attached hydrogens (tertiary/aromatic N) is 2. The lowest BCUT2D eigenvalue weighted by Crippen LogP contribution is -2.54. The first kappa shape index (κ1) is 25.3. The second kappa shape index (κ2) is 11.4. The molecule has 1 heterocycles. The number of hydrogen-bond donors (Lipinski definition) is 7. The average Bonchev–Trinajstić information content (AvgIpc) is 3.10. The minimum absolute atomic E-state index is 0.0566. The number of thiazole rings is 1. The quantitative estimate of drug-likeness (QED) is 0.142. The molecule has 3 amide bonds. The third kappa shape index (κ3) is 8.65. The van der Waals surface area contributed by atoms with Crippen molar-refractivity contribution in [2.24, 2.45) is 22.4 Å². The van der Waals surface area contributed by atoms with Crippen molar-refractivity contribution in [3.05, 3.63) is 11.1 Å². The fraction of sp³-hybridized carbons (Fsp3) is 0.438. The number of hydrogen-bond acceptors (Lipinski definition) is 8. The van der Waals surface area contributed by atoms with E-state index in [9.17, 15) is 24.0 Å². The topological polar surface area (TPSA) is 239 Å².